The van der Waals surface area contributed by atoms with Gasteiger partial charge in [0.25, 0.3) is 5.91 Å². The van der Waals surface area contributed by atoms with Gasteiger partial charge in [-0.1, -0.05) is 36.4 Å². The second-order valence-electron chi connectivity index (χ2n) is 9.81. The molecule has 5 aromatic rings. The second kappa shape index (κ2) is 5.99. The van der Waals surface area contributed by atoms with Crippen molar-refractivity contribution in [2.24, 2.45) is 0 Å². The van der Waals surface area contributed by atoms with Crippen LogP contribution in [0, 0.1) is 0 Å². The van der Waals surface area contributed by atoms with Crippen LogP contribution in [0.2, 0.25) is 0 Å². The average Bonchev–Trinajstić information content (AvgIpc) is 3.46. The van der Waals surface area contributed by atoms with Gasteiger partial charge in [0.15, 0.2) is 5.72 Å². The number of carbonyl (C=O) groups excluding carboxylic acids is 1. The van der Waals surface area contributed by atoms with Gasteiger partial charge in [-0.05, 0) is 24.6 Å². The van der Waals surface area contributed by atoms with Crippen molar-refractivity contribution in [3.63, 3.8) is 0 Å². The molecule has 2 bridgehead atoms. The molecule has 0 radical (unpaired) electrons. The lowest BCUT2D eigenvalue weighted by Gasteiger charge is -2.46. The number of hydrogen-bond acceptors (Lipinski definition) is 4. The topological polar surface area (TPSA) is 77.7 Å². The number of ether oxygens (including phenoxy) is 2. The van der Waals surface area contributed by atoms with E-state index in [0.29, 0.717) is 13.0 Å². The molecular weight excluding hydrogens is 430 g/mol. The van der Waals surface area contributed by atoms with E-state index in [0.717, 1.165) is 54.7 Å². The van der Waals surface area contributed by atoms with Crippen molar-refractivity contribution >= 4 is 49.5 Å². The molecular formula is C27H23N3O4. The highest BCUT2D eigenvalue weighted by Crippen LogP contribution is 2.53. The molecule has 170 valence electrons. The van der Waals surface area contributed by atoms with Gasteiger partial charge in [0.05, 0.1) is 33.7 Å². The quantitative estimate of drug-likeness (QED) is 0.400. The van der Waals surface area contributed by atoms with Crippen LogP contribution in [0.4, 0.5) is 0 Å². The molecule has 1 fully saturated rings. The van der Waals surface area contributed by atoms with Crippen LogP contribution < -0.4 is 5.32 Å². The predicted octanol–water partition coefficient (Wildman–Crippen LogP) is 4.13. The fraction of sp³-hybridized carbons (Fsp3) is 0.296. The maximum Gasteiger partial charge on any atom is 0.252 e. The van der Waals surface area contributed by atoms with Crippen molar-refractivity contribution in [1.82, 2.24) is 14.5 Å². The summed E-state index contributed by atoms with van der Waals surface area (Å²) in [7, 11) is 1.63. The lowest BCUT2D eigenvalue weighted by Crippen LogP contribution is -2.56. The molecule has 0 spiro atoms. The molecule has 0 saturated carbocycles. The van der Waals surface area contributed by atoms with E-state index in [4.69, 9.17) is 9.47 Å². The average molecular weight is 453 g/mol. The van der Waals surface area contributed by atoms with E-state index in [9.17, 15) is 9.90 Å². The second-order valence-corrected chi connectivity index (χ2v) is 9.81. The highest BCUT2D eigenvalue weighted by atomic mass is 16.6. The Bertz CT molecular complexity index is 1730. The fourth-order valence-corrected chi connectivity index (χ4v) is 7.03. The number of hydrogen-bond donors (Lipinski definition) is 2. The van der Waals surface area contributed by atoms with Gasteiger partial charge >= 0.3 is 0 Å². The van der Waals surface area contributed by atoms with Crippen LogP contribution in [0.5, 0.6) is 0 Å². The smallest absolute Gasteiger partial charge is 0.252 e. The number of rotatable bonds is 1. The summed E-state index contributed by atoms with van der Waals surface area (Å²) in [5.41, 5.74) is 4.86. The maximum absolute atomic E-state index is 13.2. The van der Waals surface area contributed by atoms with Gasteiger partial charge in [-0.2, -0.15) is 0 Å². The number of carbonyl (C=O) groups is 1. The minimum absolute atomic E-state index is 0.0363. The van der Waals surface area contributed by atoms with Gasteiger partial charge in [0, 0.05) is 41.6 Å². The van der Waals surface area contributed by atoms with Crippen molar-refractivity contribution < 1.29 is 19.4 Å². The molecule has 1 saturated heterocycles. The van der Waals surface area contributed by atoms with Crippen LogP contribution in [-0.2, 0) is 21.7 Å². The van der Waals surface area contributed by atoms with Gasteiger partial charge < -0.3 is 29.0 Å². The van der Waals surface area contributed by atoms with Crippen LogP contribution in [0.25, 0.3) is 43.6 Å². The number of nitrogens with zero attached hydrogens (tertiary/aromatic N) is 2. The number of methoxy groups -OCH3 is 1. The number of aliphatic hydroxyl groups is 1. The summed E-state index contributed by atoms with van der Waals surface area (Å²) in [6, 6.07) is 16.4. The van der Waals surface area contributed by atoms with Gasteiger partial charge in [-0.15, -0.1) is 0 Å². The maximum atomic E-state index is 13.2. The van der Waals surface area contributed by atoms with Crippen molar-refractivity contribution in [1.29, 1.82) is 0 Å². The van der Waals surface area contributed by atoms with Crippen molar-refractivity contribution in [3.05, 3.63) is 59.7 Å². The third-order valence-corrected chi connectivity index (χ3v) is 8.20. The molecule has 7 heteroatoms. The molecule has 7 nitrogen and oxygen atoms in total. The van der Waals surface area contributed by atoms with E-state index in [-0.39, 0.29) is 5.91 Å². The molecule has 2 aromatic heterocycles. The van der Waals surface area contributed by atoms with Crippen molar-refractivity contribution in [2.45, 2.75) is 44.1 Å². The number of fused-ring (bicyclic) bond motifs is 13. The van der Waals surface area contributed by atoms with E-state index >= 15 is 0 Å². The molecule has 8 rings (SSSR count). The zero-order valence-electron chi connectivity index (χ0n) is 18.8. The summed E-state index contributed by atoms with van der Waals surface area (Å²) in [6.45, 7) is 2.50. The molecule has 2 N–H and O–H groups in total. The van der Waals surface area contributed by atoms with Crippen LogP contribution in [0.3, 0.4) is 0 Å². The Hall–Kier alpha value is -3.39. The summed E-state index contributed by atoms with van der Waals surface area (Å²) in [4.78, 5) is 13.2. The highest BCUT2D eigenvalue weighted by molar-refractivity contribution is 6.31. The Morgan fingerprint density at radius 3 is 2.53 bits per heavy atom. The molecule has 5 heterocycles. The lowest BCUT2D eigenvalue weighted by atomic mass is 9.95. The van der Waals surface area contributed by atoms with E-state index in [1.54, 1.807) is 7.11 Å². The third-order valence-electron chi connectivity index (χ3n) is 8.20. The third kappa shape index (κ3) is 1.92. The first-order valence-electron chi connectivity index (χ1n) is 11.7. The minimum Gasteiger partial charge on any atom is -0.390 e. The Balaban J connectivity index is 1.75. The molecule has 34 heavy (non-hydrogen) atoms. The van der Waals surface area contributed by atoms with Gasteiger partial charge in [-0.25, -0.2) is 0 Å². The van der Waals surface area contributed by atoms with Crippen molar-refractivity contribution in [2.75, 3.05) is 7.11 Å². The van der Waals surface area contributed by atoms with Crippen LogP contribution in [0.1, 0.15) is 35.5 Å². The first kappa shape index (κ1) is 19.0. The van der Waals surface area contributed by atoms with E-state index in [1.807, 2.05) is 31.2 Å². The van der Waals surface area contributed by atoms with Gasteiger partial charge in [0.1, 0.15) is 12.3 Å². The fourth-order valence-electron chi connectivity index (χ4n) is 7.03. The number of benzene rings is 3. The standard InChI is InChI=1S/C27H23N3O4/c1-27-25(33-2)18(31)11-19(34-27)29-16-9-5-3-7-13(16)21-22-15(12-28-26(22)32)20-14-8-4-6-10-17(14)30(27)24(20)23(21)29/h3-10,18-19,25,31H,11-12H2,1-2H3,(H,28,32)/t18-,19-,25-,27+/m1/s1. The molecule has 4 atom stereocenters. The summed E-state index contributed by atoms with van der Waals surface area (Å²) in [6.07, 6.45) is -1.28. The molecule has 3 aliphatic rings. The number of para-hydroxylation sites is 2. The van der Waals surface area contributed by atoms with Crippen LogP contribution >= 0.6 is 0 Å². The monoisotopic (exact) mass is 453 g/mol. The first-order valence-corrected chi connectivity index (χ1v) is 11.7. The Morgan fingerprint density at radius 1 is 1.06 bits per heavy atom. The summed E-state index contributed by atoms with van der Waals surface area (Å²) in [5, 5.41) is 18.5. The minimum atomic E-state index is -0.949. The number of aromatic nitrogens is 2. The van der Waals surface area contributed by atoms with Gasteiger partial charge in [-0.3, -0.25) is 4.79 Å². The van der Waals surface area contributed by atoms with Gasteiger partial charge in [0.2, 0.25) is 0 Å². The first-order chi connectivity index (χ1) is 16.5. The molecule has 1 amide bonds. The summed E-state index contributed by atoms with van der Waals surface area (Å²) < 4.78 is 17.2. The SMILES string of the molecule is CO[C@@H]1[C@H](O)C[C@H]2O[C@]1(C)n1c3ccccc3c3c4c(c5c6ccccc6n2c5c31)C(=O)NC4. The number of amides is 1. The zero-order valence-corrected chi connectivity index (χ0v) is 18.8. The summed E-state index contributed by atoms with van der Waals surface area (Å²) >= 11 is 0. The Kier molecular flexibility index (Phi) is 3.34. The van der Waals surface area contributed by atoms with E-state index in [1.165, 1.54) is 0 Å². The zero-order chi connectivity index (χ0) is 22.9. The molecule has 3 aliphatic heterocycles. The number of nitrogens with one attached hydrogen (secondary N) is 1. The Labute approximate surface area is 194 Å². The van der Waals surface area contributed by atoms with E-state index in [2.05, 4.69) is 38.7 Å². The lowest BCUT2D eigenvalue weighted by molar-refractivity contribution is -0.278. The number of aliphatic hydroxyl groups excluding tert-OH is 1. The molecule has 3 aromatic carbocycles. The largest absolute Gasteiger partial charge is 0.390 e. The molecule has 0 aliphatic carbocycles. The highest BCUT2D eigenvalue weighted by Gasteiger charge is 2.53. The van der Waals surface area contributed by atoms with Crippen LogP contribution in [0.15, 0.2) is 48.5 Å². The normalized spacial score (nSPS) is 27.7. The van der Waals surface area contributed by atoms with Crippen LogP contribution in [-0.4, -0.2) is 39.5 Å². The van der Waals surface area contributed by atoms with E-state index < -0.39 is 24.2 Å². The Morgan fingerprint density at radius 2 is 1.76 bits per heavy atom. The van der Waals surface area contributed by atoms with Crippen molar-refractivity contribution in [3.8, 4) is 0 Å². The summed E-state index contributed by atoms with van der Waals surface area (Å²) in [5.74, 6) is -0.0363. The molecule has 0 unspecified atom stereocenters. The predicted molar refractivity (Wildman–Crippen MR) is 129 cm³/mol.